The van der Waals surface area contributed by atoms with E-state index in [4.69, 9.17) is 0 Å². The van der Waals surface area contributed by atoms with Crippen LogP contribution in [-0.2, 0) is 0 Å². The van der Waals surface area contributed by atoms with Crippen molar-refractivity contribution in [1.82, 2.24) is 15.5 Å². The topological polar surface area (TPSA) is 39.7 Å². The predicted molar refractivity (Wildman–Crippen MR) is 119 cm³/mol. The van der Waals surface area contributed by atoms with E-state index in [1.54, 1.807) is 0 Å². The number of guanidine groups is 1. The van der Waals surface area contributed by atoms with Crippen molar-refractivity contribution in [2.24, 2.45) is 10.9 Å². The van der Waals surface area contributed by atoms with Crippen LogP contribution in [0.2, 0.25) is 0 Å². The van der Waals surface area contributed by atoms with Gasteiger partial charge in [-0.25, -0.2) is 0 Å². The standard InChI is InChI=1S/C24H34N4/c1-3-15-28-16-14-20(19-28)17-26-24(25-2)27-18-23(21-10-6-4-7-11-21)22-12-8-5-9-13-22/h4-13,20,23H,3,14-19H2,1-2H3,(H2,25,26,27). The summed E-state index contributed by atoms with van der Waals surface area (Å²) in [5.74, 6) is 1.91. The van der Waals surface area contributed by atoms with E-state index in [0.717, 1.165) is 19.0 Å². The number of hydrogen-bond acceptors (Lipinski definition) is 2. The molecule has 0 aromatic heterocycles. The van der Waals surface area contributed by atoms with Crippen LogP contribution < -0.4 is 10.6 Å². The SMILES string of the molecule is CCCN1CCC(CNC(=NC)NCC(c2ccccc2)c2ccccc2)C1. The molecule has 150 valence electrons. The summed E-state index contributed by atoms with van der Waals surface area (Å²) in [5.41, 5.74) is 2.64. The lowest BCUT2D eigenvalue weighted by Crippen LogP contribution is -2.42. The highest BCUT2D eigenvalue weighted by Gasteiger charge is 2.22. The Bertz CT molecular complexity index is 674. The molecule has 1 fully saturated rings. The fraction of sp³-hybridized carbons (Fsp3) is 0.458. The number of nitrogens with one attached hydrogen (secondary N) is 2. The summed E-state index contributed by atoms with van der Waals surface area (Å²) in [6.45, 7) is 7.72. The molecule has 4 nitrogen and oxygen atoms in total. The van der Waals surface area contributed by atoms with Crippen LogP contribution in [-0.4, -0.2) is 50.6 Å². The van der Waals surface area contributed by atoms with Crippen LogP contribution in [0.5, 0.6) is 0 Å². The second kappa shape index (κ2) is 10.9. The van der Waals surface area contributed by atoms with Gasteiger partial charge in [0.25, 0.3) is 0 Å². The average Bonchev–Trinajstić information content (AvgIpc) is 3.20. The molecule has 1 saturated heterocycles. The smallest absolute Gasteiger partial charge is 0.191 e. The van der Waals surface area contributed by atoms with Crippen molar-refractivity contribution in [3.8, 4) is 0 Å². The summed E-state index contributed by atoms with van der Waals surface area (Å²) in [6, 6.07) is 21.4. The summed E-state index contributed by atoms with van der Waals surface area (Å²) >= 11 is 0. The van der Waals surface area contributed by atoms with Gasteiger partial charge in [-0.15, -0.1) is 0 Å². The number of rotatable bonds is 8. The molecular formula is C24H34N4. The van der Waals surface area contributed by atoms with Gasteiger partial charge in [0.15, 0.2) is 5.96 Å². The molecule has 2 aromatic rings. The first kappa shape index (κ1) is 20.4. The van der Waals surface area contributed by atoms with E-state index >= 15 is 0 Å². The summed E-state index contributed by atoms with van der Waals surface area (Å²) in [6.07, 6.45) is 2.52. The van der Waals surface area contributed by atoms with E-state index in [-0.39, 0.29) is 0 Å². The zero-order valence-electron chi connectivity index (χ0n) is 17.3. The number of nitrogens with zero attached hydrogens (tertiary/aromatic N) is 2. The minimum absolute atomic E-state index is 0.299. The molecule has 0 saturated carbocycles. The van der Waals surface area contributed by atoms with E-state index in [1.807, 2.05) is 7.05 Å². The fourth-order valence-electron chi connectivity index (χ4n) is 4.06. The van der Waals surface area contributed by atoms with Crippen molar-refractivity contribution in [1.29, 1.82) is 0 Å². The van der Waals surface area contributed by atoms with E-state index < -0.39 is 0 Å². The Balaban J connectivity index is 1.56. The zero-order valence-corrected chi connectivity index (χ0v) is 17.3. The third-order valence-corrected chi connectivity index (χ3v) is 5.57. The van der Waals surface area contributed by atoms with Crippen molar-refractivity contribution in [3.63, 3.8) is 0 Å². The minimum Gasteiger partial charge on any atom is -0.356 e. The lowest BCUT2D eigenvalue weighted by Gasteiger charge is -2.21. The summed E-state index contributed by atoms with van der Waals surface area (Å²) in [4.78, 5) is 7.02. The summed E-state index contributed by atoms with van der Waals surface area (Å²) < 4.78 is 0. The van der Waals surface area contributed by atoms with Crippen molar-refractivity contribution >= 4 is 5.96 Å². The molecule has 0 spiro atoms. The number of hydrogen-bond donors (Lipinski definition) is 2. The van der Waals surface area contributed by atoms with E-state index in [2.05, 4.69) is 88.1 Å². The van der Waals surface area contributed by atoms with Crippen LogP contribution in [0.4, 0.5) is 0 Å². The largest absolute Gasteiger partial charge is 0.356 e. The third kappa shape index (κ3) is 5.83. The first-order valence-electron chi connectivity index (χ1n) is 10.6. The Hall–Kier alpha value is -2.33. The third-order valence-electron chi connectivity index (χ3n) is 5.57. The van der Waals surface area contributed by atoms with Crippen LogP contribution in [0.25, 0.3) is 0 Å². The Labute approximate surface area is 170 Å². The Morgan fingerprint density at radius 1 is 1.04 bits per heavy atom. The number of aliphatic imine (C=N–C) groups is 1. The maximum absolute atomic E-state index is 4.44. The van der Waals surface area contributed by atoms with Gasteiger partial charge in [0.05, 0.1) is 0 Å². The minimum atomic E-state index is 0.299. The van der Waals surface area contributed by atoms with Gasteiger partial charge in [-0.05, 0) is 43.0 Å². The highest BCUT2D eigenvalue weighted by atomic mass is 15.2. The van der Waals surface area contributed by atoms with Crippen molar-refractivity contribution < 1.29 is 0 Å². The maximum atomic E-state index is 4.44. The van der Waals surface area contributed by atoms with Crippen molar-refractivity contribution in [2.75, 3.05) is 39.8 Å². The summed E-state index contributed by atoms with van der Waals surface area (Å²) in [5, 5.41) is 7.10. The molecule has 4 heteroatoms. The maximum Gasteiger partial charge on any atom is 0.191 e. The van der Waals surface area contributed by atoms with Gasteiger partial charge in [-0.1, -0.05) is 67.6 Å². The fourth-order valence-corrected chi connectivity index (χ4v) is 4.06. The summed E-state index contributed by atoms with van der Waals surface area (Å²) in [7, 11) is 1.85. The molecule has 2 N–H and O–H groups in total. The second-order valence-electron chi connectivity index (χ2n) is 7.66. The first-order chi connectivity index (χ1) is 13.8. The number of likely N-dealkylation sites (tertiary alicyclic amines) is 1. The Morgan fingerprint density at radius 2 is 1.68 bits per heavy atom. The zero-order chi connectivity index (χ0) is 19.6. The molecule has 0 radical (unpaired) electrons. The Kier molecular flexibility index (Phi) is 7.92. The van der Waals surface area contributed by atoms with Gasteiger partial charge in [0.1, 0.15) is 0 Å². The van der Waals surface area contributed by atoms with Gasteiger partial charge < -0.3 is 15.5 Å². The molecular weight excluding hydrogens is 344 g/mol. The molecule has 1 aliphatic rings. The van der Waals surface area contributed by atoms with Gasteiger partial charge in [0, 0.05) is 32.6 Å². The normalized spacial score (nSPS) is 17.8. The van der Waals surface area contributed by atoms with Crippen LogP contribution >= 0.6 is 0 Å². The van der Waals surface area contributed by atoms with Gasteiger partial charge in [-0.3, -0.25) is 4.99 Å². The Morgan fingerprint density at radius 3 is 2.25 bits per heavy atom. The molecule has 28 heavy (non-hydrogen) atoms. The van der Waals surface area contributed by atoms with Crippen LogP contribution in [0.1, 0.15) is 36.8 Å². The van der Waals surface area contributed by atoms with Gasteiger partial charge in [0.2, 0.25) is 0 Å². The highest BCUT2D eigenvalue weighted by molar-refractivity contribution is 5.79. The van der Waals surface area contributed by atoms with Gasteiger partial charge >= 0.3 is 0 Å². The molecule has 1 heterocycles. The quantitative estimate of drug-likeness (QED) is 0.543. The monoisotopic (exact) mass is 378 g/mol. The molecule has 1 unspecified atom stereocenters. The molecule has 0 bridgehead atoms. The van der Waals surface area contributed by atoms with E-state index in [0.29, 0.717) is 11.8 Å². The predicted octanol–water partition coefficient (Wildman–Crippen LogP) is 3.72. The molecule has 3 rings (SSSR count). The number of benzene rings is 2. The molecule has 1 aliphatic heterocycles. The van der Waals surface area contributed by atoms with Gasteiger partial charge in [-0.2, -0.15) is 0 Å². The van der Waals surface area contributed by atoms with Crippen LogP contribution in [0.3, 0.4) is 0 Å². The van der Waals surface area contributed by atoms with E-state index in [9.17, 15) is 0 Å². The second-order valence-corrected chi connectivity index (χ2v) is 7.66. The molecule has 0 aliphatic carbocycles. The molecule has 0 amide bonds. The van der Waals surface area contributed by atoms with Crippen LogP contribution in [0, 0.1) is 5.92 Å². The average molecular weight is 379 g/mol. The highest BCUT2D eigenvalue weighted by Crippen LogP contribution is 2.23. The first-order valence-corrected chi connectivity index (χ1v) is 10.6. The lowest BCUT2D eigenvalue weighted by molar-refractivity contribution is 0.324. The van der Waals surface area contributed by atoms with Crippen molar-refractivity contribution in [2.45, 2.75) is 25.7 Å². The lowest BCUT2D eigenvalue weighted by atomic mass is 9.91. The van der Waals surface area contributed by atoms with E-state index in [1.165, 1.54) is 43.6 Å². The van der Waals surface area contributed by atoms with Crippen molar-refractivity contribution in [3.05, 3.63) is 71.8 Å². The molecule has 2 aromatic carbocycles. The molecule has 1 atom stereocenters. The van der Waals surface area contributed by atoms with Crippen LogP contribution in [0.15, 0.2) is 65.7 Å².